The molecule has 1 amide bonds. The minimum atomic E-state index is -3.16. The lowest BCUT2D eigenvalue weighted by Crippen LogP contribution is -2.43. The highest BCUT2D eigenvalue weighted by molar-refractivity contribution is 7.89. The van der Waals surface area contributed by atoms with Gasteiger partial charge in [0.2, 0.25) is 15.9 Å². The first kappa shape index (κ1) is 18.6. The van der Waals surface area contributed by atoms with Crippen LogP contribution < -0.4 is 11.1 Å². The van der Waals surface area contributed by atoms with Gasteiger partial charge in [0.15, 0.2) is 0 Å². The van der Waals surface area contributed by atoms with Crippen LogP contribution in [-0.4, -0.2) is 50.6 Å². The summed E-state index contributed by atoms with van der Waals surface area (Å²) in [6.45, 7) is 2.39. The van der Waals surface area contributed by atoms with E-state index >= 15 is 0 Å². The van der Waals surface area contributed by atoms with E-state index in [1.807, 2.05) is 30.3 Å². The van der Waals surface area contributed by atoms with E-state index in [1.54, 1.807) is 14.0 Å². The van der Waals surface area contributed by atoms with Gasteiger partial charge in [-0.1, -0.05) is 30.3 Å². The van der Waals surface area contributed by atoms with E-state index in [1.165, 1.54) is 4.31 Å². The minimum absolute atomic E-state index is 0.0812. The fourth-order valence-electron chi connectivity index (χ4n) is 1.96. The number of carbonyl (C=O) groups excluding carboxylic acids is 1. The molecule has 0 aliphatic heterocycles. The number of rotatable bonds is 9. The fourth-order valence-corrected chi connectivity index (χ4v) is 2.81. The molecule has 0 aromatic heterocycles. The lowest BCUT2D eigenvalue weighted by Gasteiger charge is -2.16. The molecule has 0 unspecified atom stereocenters. The molecule has 1 aromatic carbocycles. The molecular weight excluding hydrogens is 302 g/mol. The van der Waals surface area contributed by atoms with Crippen molar-refractivity contribution in [2.45, 2.75) is 25.8 Å². The smallest absolute Gasteiger partial charge is 0.237 e. The molecule has 1 atom stereocenters. The van der Waals surface area contributed by atoms with Gasteiger partial charge in [0.25, 0.3) is 0 Å². The predicted octanol–water partition coefficient (Wildman–Crippen LogP) is 0.344. The van der Waals surface area contributed by atoms with Gasteiger partial charge in [0.05, 0.1) is 11.8 Å². The summed E-state index contributed by atoms with van der Waals surface area (Å²) >= 11 is 0. The molecule has 124 valence electrons. The summed E-state index contributed by atoms with van der Waals surface area (Å²) < 4.78 is 24.4. The first-order valence-corrected chi connectivity index (χ1v) is 8.99. The summed E-state index contributed by atoms with van der Waals surface area (Å²) in [5.74, 6) is -0.137. The molecule has 1 aromatic rings. The van der Waals surface area contributed by atoms with E-state index in [9.17, 15) is 13.2 Å². The van der Waals surface area contributed by atoms with Gasteiger partial charge in [-0.2, -0.15) is 0 Å². The standard InChI is InChI=1S/C15H25N3O3S/c1-3-22(20,21)18(2)11-7-10-17-15(19)14(16)12-13-8-5-4-6-9-13/h4-6,8-9,14H,3,7,10-12,16H2,1-2H3,(H,17,19)/t14-/m0/s1. The molecule has 1 rings (SSSR count). The number of nitrogens with two attached hydrogens (primary N) is 1. The van der Waals surface area contributed by atoms with Crippen molar-refractivity contribution in [2.75, 3.05) is 25.9 Å². The lowest BCUT2D eigenvalue weighted by atomic mass is 10.1. The highest BCUT2D eigenvalue weighted by Crippen LogP contribution is 2.02. The second-order valence-corrected chi connectivity index (χ2v) is 7.53. The number of benzene rings is 1. The number of sulfonamides is 1. The summed E-state index contributed by atoms with van der Waals surface area (Å²) in [6, 6.07) is 8.98. The van der Waals surface area contributed by atoms with Gasteiger partial charge in [0.1, 0.15) is 0 Å². The van der Waals surface area contributed by atoms with Gasteiger partial charge in [-0.15, -0.1) is 0 Å². The molecule has 0 bridgehead atoms. The zero-order chi connectivity index (χ0) is 16.6. The Morgan fingerprint density at radius 3 is 2.55 bits per heavy atom. The molecule has 0 saturated carbocycles. The molecule has 0 aliphatic carbocycles. The number of nitrogens with one attached hydrogen (secondary N) is 1. The van der Waals surface area contributed by atoms with Crippen molar-refractivity contribution in [1.29, 1.82) is 0 Å². The summed E-state index contributed by atoms with van der Waals surface area (Å²) in [4.78, 5) is 11.9. The zero-order valence-electron chi connectivity index (χ0n) is 13.2. The normalized spacial score (nSPS) is 13.1. The van der Waals surface area contributed by atoms with Crippen molar-refractivity contribution in [3.05, 3.63) is 35.9 Å². The van der Waals surface area contributed by atoms with Gasteiger partial charge >= 0.3 is 0 Å². The maximum atomic E-state index is 11.9. The quantitative estimate of drug-likeness (QED) is 0.640. The van der Waals surface area contributed by atoms with Crippen LogP contribution in [-0.2, 0) is 21.2 Å². The van der Waals surface area contributed by atoms with Crippen LogP contribution in [0.2, 0.25) is 0 Å². The van der Waals surface area contributed by atoms with Crippen molar-refractivity contribution in [1.82, 2.24) is 9.62 Å². The molecule has 0 spiro atoms. The lowest BCUT2D eigenvalue weighted by molar-refractivity contribution is -0.122. The van der Waals surface area contributed by atoms with Crippen LogP contribution in [0.25, 0.3) is 0 Å². The van der Waals surface area contributed by atoms with Crippen molar-refractivity contribution in [3.8, 4) is 0 Å². The molecule has 22 heavy (non-hydrogen) atoms. The first-order valence-electron chi connectivity index (χ1n) is 7.38. The average Bonchev–Trinajstić information content (AvgIpc) is 2.51. The van der Waals surface area contributed by atoms with E-state index in [2.05, 4.69) is 5.32 Å². The molecule has 0 radical (unpaired) electrons. The fraction of sp³-hybridized carbons (Fsp3) is 0.533. The van der Waals surface area contributed by atoms with Crippen LogP contribution in [0.3, 0.4) is 0 Å². The van der Waals surface area contributed by atoms with Gasteiger partial charge in [-0.25, -0.2) is 12.7 Å². The van der Waals surface area contributed by atoms with Gasteiger partial charge < -0.3 is 11.1 Å². The van der Waals surface area contributed by atoms with Crippen LogP contribution in [0.5, 0.6) is 0 Å². The number of hydrogen-bond donors (Lipinski definition) is 2. The third-order valence-electron chi connectivity index (χ3n) is 3.42. The molecule has 7 heteroatoms. The highest BCUT2D eigenvalue weighted by Gasteiger charge is 2.16. The Morgan fingerprint density at radius 1 is 1.32 bits per heavy atom. The van der Waals surface area contributed by atoms with Crippen LogP contribution in [0, 0.1) is 0 Å². The zero-order valence-corrected chi connectivity index (χ0v) is 14.0. The highest BCUT2D eigenvalue weighted by atomic mass is 32.2. The van der Waals surface area contributed by atoms with Crippen LogP contribution >= 0.6 is 0 Å². The summed E-state index contributed by atoms with van der Waals surface area (Å²) in [5.41, 5.74) is 6.88. The monoisotopic (exact) mass is 327 g/mol. The Balaban J connectivity index is 2.28. The maximum Gasteiger partial charge on any atom is 0.237 e. The van der Waals surface area contributed by atoms with Crippen molar-refractivity contribution >= 4 is 15.9 Å². The van der Waals surface area contributed by atoms with Crippen molar-refractivity contribution < 1.29 is 13.2 Å². The Hall–Kier alpha value is -1.44. The molecule has 0 aliphatic rings. The van der Waals surface area contributed by atoms with E-state index in [-0.39, 0.29) is 11.7 Å². The predicted molar refractivity (Wildman–Crippen MR) is 87.8 cm³/mol. The maximum absolute atomic E-state index is 11.9. The van der Waals surface area contributed by atoms with Crippen LogP contribution in [0.15, 0.2) is 30.3 Å². The van der Waals surface area contributed by atoms with Crippen molar-refractivity contribution in [2.24, 2.45) is 5.73 Å². The van der Waals surface area contributed by atoms with Gasteiger partial charge in [-0.3, -0.25) is 4.79 Å². The SMILES string of the molecule is CCS(=O)(=O)N(C)CCCNC(=O)[C@@H](N)Cc1ccccc1. The third kappa shape index (κ3) is 6.13. The van der Waals surface area contributed by atoms with E-state index in [4.69, 9.17) is 5.73 Å². The largest absolute Gasteiger partial charge is 0.355 e. The van der Waals surface area contributed by atoms with Crippen LogP contribution in [0.1, 0.15) is 18.9 Å². The van der Waals surface area contributed by atoms with Crippen LogP contribution in [0.4, 0.5) is 0 Å². The third-order valence-corrected chi connectivity index (χ3v) is 5.29. The Bertz CT molecular complexity index is 561. The van der Waals surface area contributed by atoms with E-state index in [0.29, 0.717) is 25.9 Å². The molecule has 0 fully saturated rings. The first-order chi connectivity index (χ1) is 10.4. The summed E-state index contributed by atoms with van der Waals surface area (Å²) in [7, 11) is -1.62. The minimum Gasteiger partial charge on any atom is -0.355 e. The summed E-state index contributed by atoms with van der Waals surface area (Å²) in [6.07, 6.45) is 1.04. The number of carbonyl (C=O) groups is 1. The second kappa shape index (κ2) is 8.87. The topological polar surface area (TPSA) is 92.5 Å². The molecule has 6 nitrogen and oxygen atoms in total. The van der Waals surface area contributed by atoms with Crippen molar-refractivity contribution in [3.63, 3.8) is 0 Å². The molecule has 0 saturated heterocycles. The Labute approximate surface area is 132 Å². The second-order valence-electron chi connectivity index (χ2n) is 5.16. The molecule has 3 N–H and O–H groups in total. The number of hydrogen-bond acceptors (Lipinski definition) is 4. The molecular formula is C15H25N3O3S. The van der Waals surface area contributed by atoms with Gasteiger partial charge in [-0.05, 0) is 25.3 Å². The van der Waals surface area contributed by atoms with E-state index < -0.39 is 16.1 Å². The number of nitrogens with zero attached hydrogens (tertiary/aromatic N) is 1. The summed E-state index contributed by atoms with van der Waals surface area (Å²) in [5, 5.41) is 2.74. The molecule has 0 heterocycles. The number of amides is 1. The van der Waals surface area contributed by atoms with Gasteiger partial charge in [0, 0.05) is 20.1 Å². The van der Waals surface area contributed by atoms with E-state index in [0.717, 1.165) is 5.56 Å². The Kier molecular flexibility index (Phi) is 7.50. The average molecular weight is 327 g/mol. The Morgan fingerprint density at radius 2 is 1.95 bits per heavy atom.